The quantitative estimate of drug-likeness (QED) is 0.630. The van der Waals surface area contributed by atoms with Gasteiger partial charge in [0.05, 0.1) is 16.8 Å². The zero-order valence-electron chi connectivity index (χ0n) is 12.0. The summed E-state index contributed by atoms with van der Waals surface area (Å²) in [4.78, 5) is 12.0. The van der Waals surface area contributed by atoms with E-state index in [1.165, 1.54) is 0 Å². The molecule has 0 N–H and O–H groups in total. The molecule has 20 heavy (non-hydrogen) atoms. The van der Waals surface area contributed by atoms with Gasteiger partial charge in [0.2, 0.25) is 0 Å². The van der Waals surface area contributed by atoms with E-state index in [-0.39, 0.29) is 11.9 Å². The van der Waals surface area contributed by atoms with Crippen LogP contribution in [0.4, 0.5) is 8.78 Å². The Labute approximate surface area is 117 Å². The maximum Gasteiger partial charge on any atom is 0.465 e. The molecule has 0 aliphatic carbocycles. The molecular formula is C14H17BF2O3. The average Bonchev–Trinajstić information content (AvgIpc) is 2.46. The number of ketones is 1. The number of halogens is 2. The van der Waals surface area contributed by atoms with Crippen molar-refractivity contribution in [2.75, 3.05) is 0 Å². The lowest BCUT2D eigenvalue weighted by atomic mass is 9.80. The Balaban J connectivity index is 2.10. The summed E-state index contributed by atoms with van der Waals surface area (Å²) in [6.45, 7) is 7.48. The van der Waals surface area contributed by atoms with Crippen molar-refractivity contribution >= 4 is 12.9 Å². The first kappa shape index (κ1) is 15.1. The van der Waals surface area contributed by atoms with Gasteiger partial charge in [0.15, 0.2) is 5.78 Å². The molecule has 1 aliphatic rings. The Morgan fingerprint density at radius 3 is 2.20 bits per heavy atom. The largest absolute Gasteiger partial charge is 0.465 e. The highest BCUT2D eigenvalue weighted by atomic mass is 19.1. The van der Waals surface area contributed by atoms with Gasteiger partial charge in [-0.25, -0.2) is 8.78 Å². The van der Waals surface area contributed by atoms with E-state index in [9.17, 15) is 13.6 Å². The molecule has 1 fully saturated rings. The first-order valence-corrected chi connectivity index (χ1v) is 6.46. The third-order valence-corrected chi connectivity index (χ3v) is 3.89. The maximum absolute atomic E-state index is 13.5. The van der Waals surface area contributed by atoms with E-state index in [1.54, 1.807) is 0 Å². The third-order valence-electron chi connectivity index (χ3n) is 3.89. The summed E-state index contributed by atoms with van der Waals surface area (Å²) in [6.07, 6.45) is -0.102. The average molecular weight is 282 g/mol. The number of rotatable bonds is 3. The molecule has 0 aromatic heterocycles. The van der Waals surface area contributed by atoms with Gasteiger partial charge in [0.1, 0.15) is 11.6 Å². The van der Waals surface area contributed by atoms with Crippen LogP contribution in [0.2, 0.25) is 6.32 Å². The van der Waals surface area contributed by atoms with Crippen LogP contribution in [0.25, 0.3) is 0 Å². The molecule has 0 atom stereocenters. The second-order valence-electron chi connectivity index (χ2n) is 5.94. The normalized spacial score (nSPS) is 20.2. The summed E-state index contributed by atoms with van der Waals surface area (Å²) in [7, 11) is -0.725. The lowest BCUT2D eigenvalue weighted by molar-refractivity contribution is 0.00578. The van der Waals surface area contributed by atoms with E-state index in [1.807, 2.05) is 27.7 Å². The Hall–Kier alpha value is -1.27. The number of Topliss-reactive ketones (excluding diaryl/α,β-unsaturated/α-hetero) is 1. The molecule has 1 saturated heterocycles. The number of hydrogen-bond acceptors (Lipinski definition) is 3. The van der Waals surface area contributed by atoms with Gasteiger partial charge in [-0.2, -0.15) is 0 Å². The predicted octanol–water partition coefficient (Wildman–Crippen LogP) is 3.24. The SMILES string of the molecule is CC1(C)OB(CC(=O)c2ccc(F)cc2F)OC1(C)C. The lowest BCUT2D eigenvalue weighted by Gasteiger charge is -2.32. The van der Waals surface area contributed by atoms with E-state index in [2.05, 4.69) is 0 Å². The van der Waals surface area contributed by atoms with Crippen LogP contribution in [0.1, 0.15) is 38.1 Å². The van der Waals surface area contributed by atoms with Crippen molar-refractivity contribution in [2.24, 2.45) is 0 Å². The summed E-state index contributed by atoms with van der Waals surface area (Å²) in [5.41, 5.74) is -1.24. The van der Waals surface area contributed by atoms with Crippen molar-refractivity contribution in [2.45, 2.75) is 45.2 Å². The fourth-order valence-corrected chi connectivity index (χ4v) is 2.03. The van der Waals surface area contributed by atoms with Crippen molar-refractivity contribution in [3.8, 4) is 0 Å². The molecule has 0 bridgehead atoms. The van der Waals surface area contributed by atoms with Crippen molar-refractivity contribution in [3.05, 3.63) is 35.4 Å². The Kier molecular flexibility index (Phi) is 3.73. The van der Waals surface area contributed by atoms with Gasteiger partial charge in [-0.15, -0.1) is 0 Å². The second kappa shape index (κ2) is 4.93. The summed E-state index contributed by atoms with van der Waals surface area (Å²) < 4.78 is 37.7. The number of carbonyl (C=O) groups is 1. The van der Waals surface area contributed by atoms with Gasteiger partial charge in [-0.05, 0) is 39.8 Å². The van der Waals surface area contributed by atoms with Crippen molar-refractivity contribution in [1.82, 2.24) is 0 Å². The smallest absolute Gasteiger partial charge is 0.403 e. The summed E-state index contributed by atoms with van der Waals surface area (Å²) >= 11 is 0. The molecule has 2 rings (SSSR count). The van der Waals surface area contributed by atoms with Crippen LogP contribution in [-0.4, -0.2) is 24.1 Å². The van der Waals surface area contributed by atoms with Crippen LogP contribution in [0.5, 0.6) is 0 Å². The molecule has 1 aliphatic heterocycles. The molecule has 3 nitrogen and oxygen atoms in total. The molecule has 0 saturated carbocycles. The van der Waals surface area contributed by atoms with E-state index < -0.39 is 35.7 Å². The maximum atomic E-state index is 13.5. The van der Waals surface area contributed by atoms with Gasteiger partial charge in [0, 0.05) is 12.4 Å². The Bertz CT molecular complexity index is 527. The summed E-state index contributed by atoms with van der Waals surface area (Å²) in [5, 5.41) is 0. The first-order chi connectivity index (χ1) is 9.12. The van der Waals surface area contributed by atoms with Crippen LogP contribution >= 0.6 is 0 Å². The van der Waals surface area contributed by atoms with Crippen molar-refractivity contribution < 1.29 is 22.9 Å². The minimum Gasteiger partial charge on any atom is -0.403 e. The number of hydrogen-bond donors (Lipinski definition) is 0. The van der Waals surface area contributed by atoms with Crippen LogP contribution in [0.3, 0.4) is 0 Å². The summed E-state index contributed by atoms with van der Waals surface area (Å²) in [5.74, 6) is -2.05. The Morgan fingerprint density at radius 1 is 1.15 bits per heavy atom. The second-order valence-corrected chi connectivity index (χ2v) is 5.94. The number of benzene rings is 1. The standard InChI is InChI=1S/C14H17BF2O3/c1-13(2)14(3,4)20-15(19-13)8-12(18)10-6-5-9(16)7-11(10)17/h5-7H,8H2,1-4H3. The molecule has 108 valence electrons. The number of carbonyl (C=O) groups excluding carboxylic acids is 1. The molecule has 1 aromatic rings. The molecule has 1 heterocycles. The molecule has 0 unspecified atom stereocenters. The van der Waals surface area contributed by atoms with E-state index in [4.69, 9.17) is 9.31 Å². The van der Waals surface area contributed by atoms with Gasteiger partial charge in [-0.1, -0.05) is 0 Å². The topological polar surface area (TPSA) is 35.5 Å². The zero-order valence-corrected chi connectivity index (χ0v) is 12.0. The zero-order chi connectivity index (χ0) is 15.1. The highest BCUT2D eigenvalue weighted by Gasteiger charge is 2.51. The first-order valence-electron chi connectivity index (χ1n) is 6.46. The van der Waals surface area contributed by atoms with Gasteiger partial charge >= 0.3 is 7.12 Å². The predicted molar refractivity (Wildman–Crippen MR) is 71.6 cm³/mol. The lowest BCUT2D eigenvalue weighted by Crippen LogP contribution is -2.41. The molecule has 0 radical (unpaired) electrons. The summed E-state index contributed by atoms with van der Waals surface area (Å²) in [6, 6.07) is 2.89. The highest BCUT2D eigenvalue weighted by Crippen LogP contribution is 2.38. The van der Waals surface area contributed by atoms with E-state index in [0.717, 1.165) is 12.1 Å². The van der Waals surface area contributed by atoms with Crippen LogP contribution in [-0.2, 0) is 9.31 Å². The van der Waals surface area contributed by atoms with E-state index >= 15 is 0 Å². The molecule has 1 aromatic carbocycles. The third kappa shape index (κ3) is 2.76. The highest BCUT2D eigenvalue weighted by molar-refractivity contribution is 6.51. The van der Waals surface area contributed by atoms with Crippen LogP contribution in [0, 0.1) is 11.6 Å². The van der Waals surface area contributed by atoms with Crippen LogP contribution in [0.15, 0.2) is 18.2 Å². The van der Waals surface area contributed by atoms with Gasteiger partial charge in [0.25, 0.3) is 0 Å². The molecule has 0 amide bonds. The fraction of sp³-hybridized carbons (Fsp3) is 0.500. The molecule has 0 spiro atoms. The van der Waals surface area contributed by atoms with Gasteiger partial charge in [-0.3, -0.25) is 4.79 Å². The minimum absolute atomic E-state index is 0.102. The monoisotopic (exact) mass is 282 g/mol. The van der Waals surface area contributed by atoms with Gasteiger partial charge < -0.3 is 9.31 Å². The minimum atomic E-state index is -0.869. The van der Waals surface area contributed by atoms with Crippen molar-refractivity contribution in [1.29, 1.82) is 0 Å². The molecular weight excluding hydrogens is 265 g/mol. The van der Waals surface area contributed by atoms with Crippen molar-refractivity contribution in [3.63, 3.8) is 0 Å². The Morgan fingerprint density at radius 2 is 1.70 bits per heavy atom. The van der Waals surface area contributed by atoms with E-state index in [0.29, 0.717) is 6.07 Å². The molecule has 6 heteroatoms. The fourth-order valence-electron chi connectivity index (χ4n) is 2.03. The van der Waals surface area contributed by atoms with Crippen LogP contribution < -0.4 is 0 Å².